The molecule has 0 aliphatic heterocycles. The van der Waals surface area contributed by atoms with E-state index in [0.717, 1.165) is 45.0 Å². The molecule has 0 amide bonds. The van der Waals surface area contributed by atoms with Crippen LogP contribution in [0.1, 0.15) is 63.7 Å². The molecule has 0 aromatic heterocycles. The number of ketones is 4. The minimum absolute atomic E-state index is 0.0809. The van der Waals surface area contributed by atoms with E-state index in [1.807, 2.05) is 173 Å². The molecule has 16 nitrogen and oxygen atoms in total. The zero-order valence-electron chi connectivity index (χ0n) is 55.5. The van der Waals surface area contributed by atoms with E-state index in [1.165, 1.54) is 0 Å². The minimum atomic E-state index is -0.0809. The molecular formula is C76H84N4O12. The number of carbonyl (C=O) groups excluding carboxylic acids is 4. The molecule has 0 bridgehead atoms. The zero-order chi connectivity index (χ0) is 67.3. The first-order valence-corrected chi connectivity index (χ1v) is 29.1. The van der Waals surface area contributed by atoms with Crippen molar-refractivity contribution in [3.8, 4) is 46.0 Å². The Balaban J connectivity index is 0.000000223. The molecule has 16 heteroatoms. The third-order valence-corrected chi connectivity index (χ3v) is 14.0. The van der Waals surface area contributed by atoms with E-state index < -0.39 is 0 Å². The summed E-state index contributed by atoms with van der Waals surface area (Å²) < 4.78 is 41.6. The summed E-state index contributed by atoms with van der Waals surface area (Å²) in [5.74, 6) is 4.27. The van der Waals surface area contributed by atoms with Gasteiger partial charge in [-0.25, -0.2) is 0 Å². The van der Waals surface area contributed by atoms with Crippen LogP contribution in [0.15, 0.2) is 194 Å². The Morgan fingerprint density at radius 1 is 0.239 bits per heavy atom. The molecule has 0 fully saturated rings. The summed E-state index contributed by atoms with van der Waals surface area (Å²) in [6, 6.07) is 52.5. The number of rotatable bonds is 24. The molecule has 0 N–H and O–H groups in total. The van der Waals surface area contributed by atoms with Crippen LogP contribution in [0.3, 0.4) is 0 Å². The molecule has 480 valence electrons. The topological polar surface area (TPSA) is 155 Å². The number of nitrogens with zero attached hydrogens (tertiary/aromatic N) is 4. The number of hydrogen-bond donors (Lipinski definition) is 0. The van der Waals surface area contributed by atoms with Crippen LogP contribution in [-0.4, -0.2) is 136 Å². The molecule has 8 aromatic rings. The maximum atomic E-state index is 12.3. The predicted octanol–water partition coefficient (Wildman–Crippen LogP) is 14.7. The molecule has 0 heterocycles. The number of allylic oxidation sites excluding steroid dienone is 4. The molecule has 92 heavy (non-hydrogen) atoms. The largest absolute Gasteiger partial charge is 0.493 e. The van der Waals surface area contributed by atoms with Crippen molar-refractivity contribution in [3.63, 3.8) is 0 Å². The maximum Gasteiger partial charge on any atom is 0.185 e. The molecule has 0 aliphatic rings. The maximum absolute atomic E-state index is 12.3. The van der Waals surface area contributed by atoms with Gasteiger partial charge in [0.2, 0.25) is 0 Å². The molecule has 8 aromatic carbocycles. The van der Waals surface area contributed by atoms with Gasteiger partial charge in [-0.15, -0.1) is 0 Å². The number of methoxy groups -OCH3 is 8. The first-order valence-electron chi connectivity index (χ1n) is 29.1. The lowest BCUT2D eigenvalue weighted by molar-refractivity contribution is 0.103. The lowest BCUT2D eigenvalue weighted by Gasteiger charge is -2.11. The highest BCUT2D eigenvalue weighted by Crippen LogP contribution is 2.32. The van der Waals surface area contributed by atoms with Crippen molar-refractivity contribution in [1.29, 1.82) is 0 Å². The van der Waals surface area contributed by atoms with Gasteiger partial charge in [0, 0.05) is 101 Å². The smallest absolute Gasteiger partial charge is 0.185 e. The average molecular weight is 1250 g/mol. The van der Waals surface area contributed by atoms with Gasteiger partial charge in [-0.2, -0.15) is 0 Å². The second-order valence-corrected chi connectivity index (χ2v) is 21.0. The summed E-state index contributed by atoms with van der Waals surface area (Å²) in [4.78, 5) is 57.2. The van der Waals surface area contributed by atoms with Crippen LogP contribution < -0.4 is 57.5 Å². The minimum Gasteiger partial charge on any atom is -0.493 e. The van der Waals surface area contributed by atoms with Crippen LogP contribution in [0, 0.1) is 0 Å². The van der Waals surface area contributed by atoms with Crippen LogP contribution in [0.4, 0.5) is 22.7 Å². The second-order valence-electron chi connectivity index (χ2n) is 21.0. The molecule has 0 spiro atoms. The summed E-state index contributed by atoms with van der Waals surface area (Å²) in [6.07, 6.45) is 13.5. The Hall–Kier alpha value is -11.0. The standard InChI is InChI=1S/4C19H21NO3/c4*1-20(2)16-9-5-14(6-10-16)7-11-17(21)15-8-12-18(22-3)19(13-15)23-4/h4*5-13H,1-4H3/b4*11-7+. The van der Waals surface area contributed by atoms with E-state index in [-0.39, 0.29) is 23.1 Å². The predicted molar refractivity (Wildman–Crippen MR) is 375 cm³/mol. The fraction of sp³-hybridized carbons (Fsp3) is 0.211. The summed E-state index contributed by atoms with van der Waals surface area (Å²) in [5, 5.41) is 0. The molecule has 0 saturated carbocycles. The molecule has 0 aliphatic carbocycles. The fourth-order valence-electron chi connectivity index (χ4n) is 8.56. The van der Waals surface area contributed by atoms with E-state index in [0.29, 0.717) is 68.2 Å². The van der Waals surface area contributed by atoms with Crippen molar-refractivity contribution < 1.29 is 57.1 Å². The van der Waals surface area contributed by atoms with Crippen molar-refractivity contribution in [1.82, 2.24) is 0 Å². The van der Waals surface area contributed by atoms with Gasteiger partial charge in [0.1, 0.15) is 0 Å². The van der Waals surface area contributed by atoms with Crippen molar-refractivity contribution >= 4 is 70.2 Å². The van der Waals surface area contributed by atoms with Crippen LogP contribution in [0.2, 0.25) is 0 Å². The Labute approximate surface area is 542 Å². The zero-order valence-corrected chi connectivity index (χ0v) is 55.5. The Morgan fingerprint density at radius 3 is 0.543 bits per heavy atom. The fourth-order valence-corrected chi connectivity index (χ4v) is 8.56. The Morgan fingerprint density at radius 2 is 0.402 bits per heavy atom. The van der Waals surface area contributed by atoms with E-state index in [2.05, 4.69) is 0 Å². The number of carbonyl (C=O) groups is 4. The van der Waals surface area contributed by atoms with E-state index in [9.17, 15) is 19.2 Å². The van der Waals surface area contributed by atoms with E-state index >= 15 is 0 Å². The van der Waals surface area contributed by atoms with Crippen LogP contribution in [0.25, 0.3) is 24.3 Å². The summed E-state index contributed by atoms with van der Waals surface area (Å²) in [5.41, 5.74) is 10.6. The summed E-state index contributed by atoms with van der Waals surface area (Å²) >= 11 is 0. The molecule has 8 rings (SSSR count). The van der Waals surface area contributed by atoms with Gasteiger partial charge in [-0.1, -0.05) is 72.8 Å². The van der Waals surface area contributed by atoms with Gasteiger partial charge in [0.05, 0.1) is 56.9 Å². The lowest BCUT2D eigenvalue weighted by atomic mass is 10.1. The van der Waals surface area contributed by atoms with Crippen molar-refractivity contribution in [2.75, 3.05) is 133 Å². The third kappa shape index (κ3) is 21.6. The highest BCUT2D eigenvalue weighted by molar-refractivity contribution is 6.09. The van der Waals surface area contributed by atoms with E-state index in [1.54, 1.807) is 178 Å². The van der Waals surface area contributed by atoms with Crippen LogP contribution in [0.5, 0.6) is 46.0 Å². The monoisotopic (exact) mass is 1240 g/mol. The van der Waals surface area contributed by atoms with Gasteiger partial charge in [0.25, 0.3) is 0 Å². The average Bonchev–Trinajstić information content (AvgIpc) is 1.28. The SMILES string of the molecule is COc1ccc(C(=O)/C=C/c2ccc(N(C)C)cc2)cc1OC.COc1ccc(C(=O)/C=C/c2ccc(N(C)C)cc2)cc1OC.COc1ccc(C(=O)/C=C/c2ccc(N(C)C)cc2)cc1OC.COc1ccc(C(=O)/C=C/c2ccc(N(C)C)cc2)cc1OC. The molecule has 0 radical (unpaired) electrons. The number of hydrogen-bond acceptors (Lipinski definition) is 16. The number of benzene rings is 8. The van der Waals surface area contributed by atoms with Gasteiger partial charge in [-0.3, -0.25) is 19.2 Å². The normalized spacial score (nSPS) is 10.6. The Bertz CT molecular complexity index is 3310. The van der Waals surface area contributed by atoms with Crippen LogP contribution in [-0.2, 0) is 0 Å². The molecule has 0 atom stereocenters. The summed E-state index contributed by atoms with van der Waals surface area (Å²) in [7, 11) is 28.4. The van der Waals surface area contributed by atoms with Crippen molar-refractivity contribution in [2.45, 2.75) is 0 Å². The highest BCUT2D eigenvalue weighted by atomic mass is 16.5. The van der Waals surface area contributed by atoms with Crippen molar-refractivity contribution in [2.24, 2.45) is 0 Å². The van der Waals surface area contributed by atoms with Crippen LogP contribution >= 0.6 is 0 Å². The Kier molecular flexibility index (Phi) is 28.4. The summed E-state index contributed by atoms with van der Waals surface area (Å²) in [6.45, 7) is 0. The molecular weight excluding hydrogens is 1160 g/mol. The van der Waals surface area contributed by atoms with Gasteiger partial charge in [0.15, 0.2) is 69.1 Å². The van der Waals surface area contributed by atoms with Gasteiger partial charge >= 0.3 is 0 Å². The van der Waals surface area contributed by atoms with E-state index in [4.69, 9.17) is 37.9 Å². The molecule has 0 unspecified atom stereocenters. The van der Waals surface area contributed by atoms with Gasteiger partial charge in [-0.05, 0) is 168 Å². The number of anilines is 4. The quantitative estimate of drug-likeness (QED) is 0.0416. The van der Waals surface area contributed by atoms with Crippen molar-refractivity contribution in [3.05, 3.63) is 239 Å². The van der Waals surface area contributed by atoms with Gasteiger partial charge < -0.3 is 57.5 Å². The first-order chi connectivity index (χ1) is 44.2. The number of ether oxygens (including phenoxy) is 8. The molecule has 0 saturated heterocycles. The third-order valence-electron chi connectivity index (χ3n) is 14.0. The highest BCUT2D eigenvalue weighted by Gasteiger charge is 2.13. The lowest BCUT2D eigenvalue weighted by Crippen LogP contribution is -2.07. The second kappa shape index (κ2) is 36.5. The first kappa shape index (κ1) is 71.8.